The van der Waals surface area contributed by atoms with E-state index in [1.165, 1.54) is 11.0 Å². The minimum absolute atomic E-state index is 0.00619. The molecule has 1 aromatic rings. The van der Waals surface area contributed by atoms with Crippen LogP contribution in [-0.4, -0.2) is 86.0 Å². The third-order valence-electron chi connectivity index (χ3n) is 8.83. The molecule has 0 radical (unpaired) electrons. The molecule has 1 fully saturated rings. The number of phenols is 1. The van der Waals surface area contributed by atoms with Crippen molar-refractivity contribution in [2.75, 3.05) is 20.6 Å². The van der Waals surface area contributed by atoms with E-state index in [0.29, 0.717) is 28.6 Å². The molecular formula is C30H40ClN3O7. The molecule has 11 heteroatoms. The highest BCUT2D eigenvalue weighted by Gasteiger charge is 2.64. The van der Waals surface area contributed by atoms with Crippen molar-refractivity contribution in [1.29, 1.82) is 0 Å². The van der Waals surface area contributed by atoms with Crippen molar-refractivity contribution in [3.8, 4) is 5.75 Å². The number of fused-ring (bicyclic) bond motifs is 3. The average molecular weight is 590 g/mol. The zero-order valence-electron chi connectivity index (χ0n) is 24.4. The van der Waals surface area contributed by atoms with E-state index in [-0.39, 0.29) is 35.8 Å². The van der Waals surface area contributed by atoms with E-state index in [9.17, 15) is 34.8 Å². The zero-order chi connectivity index (χ0) is 30.7. The molecule has 1 aromatic carbocycles. The van der Waals surface area contributed by atoms with Gasteiger partial charge in [0, 0.05) is 29.1 Å². The quantitative estimate of drug-likeness (QED) is 0.287. The fourth-order valence-corrected chi connectivity index (χ4v) is 6.91. The maximum Gasteiger partial charge on any atom is 0.255 e. The normalized spacial score (nSPS) is 26.3. The van der Waals surface area contributed by atoms with Crippen LogP contribution in [0.25, 0.3) is 5.76 Å². The van der Waals surface area contributed by atoms with Crippen LogP contribution in [0, 0.1) is 17.8 Å². The van der Waals surface area contributed by atoms with E-state index in [2.05, 4.69) is 32.6 Å². The van der Waals surface area contributed by atoms with Crippen molar-refractivity contribution >= 4 is 34.8 Å². The Morgan fingerprint density at radius 1 is 1.17 bits per heavy atom. The number of rotatable bonds is 8. The van der Waals surface area contributed by atoms with Gasteiger partial charge >= 0.3 is 0 Å². The van der Waals surface area contributed by atoms with Gasteiger partial charge in [-0.05, 0) is 82.8 Å². The molecule has 1 saturated carbocycles. The lowest BCUT2D eigenvalue weighted by molar-refractivity contribution is -0.153. The Labute approximate surface area is 245 Å². The van der Waals surface area contributed by atoms with E-state index in [0.717, 1.165) is 13.0 Å². The molecule has 3 aliphatic carbocycles. The van der Waals surface area contributed by atoms with E-state index >= 15 is 0 Å². The molecule has 1 amide bonds. The average Bonchev–Trinajstić information content (AvgIpc) is 2.85. The summed E-state index contributed by atoms with van der Waals surface area (Å²) in [7, 11) is 3.13. The number of aliphatic hydroxyl groups is 3. The van der Waals surface area contributed by atoms with Crippen LogP contribution >= 0.6 is 11.6 Å². The minimum atomic E-state index is -2.67. The summed E-state index contributed by atoms with van der Waals surface area (Å²) in [6.45, 7) is 9.78. The first-order valence-electron chi connectivity index (χ1n) is 14.0. The number of aliphatic hydroxyl groups excluding tert-OH is 2. The number of aromatic hydroxyl groups is 1. The SMILES string of the molecule is CC(C)CCN(Cc1cc(O)c2c(c1Cl)C[C@H]1C[C@H]3[C@H](N(C)C)C(=O)C(C(N)=O)=C(O)[C@@]3(O)C(=O)C1=C2O)C(C)C. The number of carbonyl (C=O) groups is 3. The molecule has 0 aromatic heterocycles. The molecule has 224 valence electrons. The predicted octanol–water partition coefficient (Wildman–Crippen LogP) is 2.87. The number of Topliss-reactive ketones (excluding diaryl/α,β-unsaturated/α-hetero) is 2. The van der Waals surface area contributed by atoms with Gasteiger partial charge in [0.2, 0.25) is 5.78 Å². The lowest BCUT2D eigenvalue weighted by Crippen LogP contribution is -2.65. The lowest BCUT2D eigenvalue weighted by atomic mass is 9.57. The van der Waals surface area contributed by atoms with Crippen LogP contribution in [0.5, 0.6) is 5.75 Å². The molecule has 0 unspecified atom stereocenters. The number of phenolic OH excluding ortho intramolecular Hbond substituents is 1. The number of nitrogens with zero attached hydrogens (tertiary/aromatic N) is 2. The number of benzene rings is 1. The lowest BCUT2D eigenvalue weighted by Gasteiger charge is -2.50. The van der Waals surface area contributed by atoms with Gasteiger partial charge in [-0.15, -0.1) is 0 Å². The van der Waals surface area contributed by atoms with Gasteiger partial charge in [-0.2, -0.15) is 0 Å². The second kappa shape index (κ2) is 11.1. The number of hydrogen-bond acceptors (Lipinski definition) is 9. The summed E-state index contributed by atoms with van der Waals surface area (Å²) in [6.07, 6.45) is 1.15. The molecule has 0 heterocycles. The topological polar surface area (TPSA) is 165 Å². The van der Waals surface area contributed by atoms with Gasteiger partial charge in [0.15, 0.2) is 11.4 Å². The maximum absolute atomic E-state index is 13.9. The van der Waals surface area contributed by atoms with Crippen LogP contribution in [0.1, 0.15) is 57.2 Å². The number of carbonyl (C=O) groups excluding carboxylic acids is 3. The summed E-state index contributed by atoms with van der Waals surface area (Å²) in [5.41, 5.74) is 2.81. The molecule has 10 nitrogen and oxygen atoms in total. The Morgan fingerprint density at radius 2 is 1.80 bits per heavy atom. The summed E-state index contributed by atoms with van der Waals surface area (Å²) < 4.78 is 0. The fraction of sp³-hybridized carbons (Fsp3) is 0.567. The molecule has 4 rings (SSSR count). The largest absolute Gasteiger partial charge is 0.508 e. The standard InChI is InChI=1S/C30H40ClN3O7/c1-13(2)7-8-34(14(3)4)12-16-11-19(35)21-17(23(16)31)9-15-10-18-24(33(5)6)26(37)22(29(32)40)28(39)30(18,41)27(38)20(15)25(21)36/h11,13-15,18,24,35-36,39,41H,7-10,12H2,1-6H3,(H2,32,40)/t15-,18-,24-,30-/m0/s1. The van der Waals surface area contributed by atoms with Crippen LogP contribution in [0.4, 0.5) is 0 Å². The molecule has 4 atom stereocenters. The second-order valence-electron chi connectivity index (χ2n) is 12.4. The molecule has 0 saturated heterocycles. The Balaban J connectivity index is 1.84. The Morgan fingerprint density at radius 3 is 2.34 bits per heavy atom. The van der Waals surface area contributed by atoms with Gasteiger partial charge in [-0.1, -0.05) is 25.4 Å². The molecule has 0 bridgehead atoms. The van der Waals surface area contributed by atoms with Crippen LogP contribution in [0.3, 0.4) is 0 Å². The second-order valence-corrected chi connectivity index (χ2v) is 12.8. The van der Waals surface area contributed by atoms with Gasteiger partial charge in [-0.25, -0.2) is 0 Å². The van der Waals surface area contributed by atoms with Crippen LogP contribution in [0.2, 0.25) is 5.02 Å². The fourth-order valence-electron chi connectivity index (χ4n) is 6.62. The van der Waals surface area contributed by atoms with Crippen molar-refractivity contribution in [3.63, 3.8) is 0 Å². The van der Waals surface area contributed by atoms with Crippen molar-refractivity contribution in [2.24, 2.45) is 23.5 Å². The van der Waals surface area contributed by atoms with Gasteiger partial charge < -0.3 is 26.2 Å². The molecule has 0 spiro atoms. The van der Waals surface area contributed by atoms with E-state index in [1.807, 2.05) is 0 Å². The molecule has 6 N–H and O–H groups in total. The summed E-state index contributed by atoms with van der Waals surface area (Å²) in [5, 5.41) is 45.5. The third-order valence-corrected chi connectivity index (χ3v) is 9.30. The summed E-state index contributed by atoms with van der Waals surface area (Å²) in [6, 6.07) is 0.565. The third kappa shape index (κ3) is 4.94. The summed E-state index contributed by atoms with van der Waals surface area (Å²) >= 11 is 6.92. The number of hydrogen-bond donors (Lipinski definition) is 5. The number of ketones is 2. The van der Waals surface area contributed by atoms with Crippen molar-refractivity contribution in [2.45, 2.75) is 71.2 Å². The first-order chi connectivity index (χ1) is 19.0. The Hall–Kier alpha value is -2.92. The van der Waals surface area contributed by atoms with E-state index < -0.39 is 58.0 Å². The van der Waals surface area contributed by atoms with Gasteiger partial charge in [-0.3, -0.25) is 24.2 Å². The van der Waals surface area contributed by atoms with E-state index in [4.69, 9.17) is 17.3 Å². The highest BCUT2D eigenvalue weighted by atomic mass is 35.5. The first-order valence-corrected chi connectivity index (χ1v) is 14.3. The minimum Gasteiger partial charge on any atom is -0.508 e. The molecule has 41 heavy (non-hydrogen) atoms. The smallest absolute Gasteiger partial charge is 0.255 e. The Bertz CT molecular complexity index is 1370. The van der Waals surface area contributed by atoms with Gasteiger partial charge in [0.05, 0.1) is 11.6 Å². The molecule has 0 aliphatic heterocycles. The predicted molar refractivity (Wildman–Crippen MR) is 154 cm³/mol. The number of amides is 1. The monoisotopic (exact) mass is 589 g/mol. The highest BCUT2D eigenvalue weighted by Crippen LogP contribution is 2.53. The van der Waals surface area contributed by atoms with Gasteiger partial charge in [0.25, 0.3) is 5.91 Å². The number of primary amides is 1. The van der Waals surface area contributed by atoms with Crippen LogP contribution in [-0.2, 0) is 27.3 Å². The number of nitrogens with two attached hydrogens (primary N) is 1. The number of halogens is 1. The van der Waals surface area contributed by atoms with Crippen LogP contribution in [0.15, 0.2) is 23.0 Å². The first kappa shape index (κ1) is 31.0. The molecular weight excluding hydrogens is 550 g/mol. The zero-order valence-corrected chi connectivity index (χ0v) is 25.1. The van der Waals surface area contributed by atoms with Crippen molar-refractivity contribution < 1.29 is 34.8 Å². The maximum atomic E-state index is 13.9. The highest BCUT2D eigenvalue weighted by molar-refractivity contribution is 6.32. The van der Waals surface area contributed by atoms with Crippen molar-refractivity contribution in [3.05, 3.63) is 44.7 Å². The van der Waals surface area contributed by atoms with E-state index in [1.54, 1.807) is 14.1 Å². The summed E-state index contributed by atoms with van der Waals surface area (Å²) in [5.74, 6) is -6.32. The van der Waals surface area contributed by atoms with Gasteiger partial charge in [0.1, 0.15) is 22.8 Å². The van der Waals surface area contributed by atoms with Crippen LogP contribution < -0.4 is 5.73 Å². The number of likely N-dealkylation sites (N-methyl/N-ethyl adjacent to an activating group) is 1. The van der Waals surface area contributed by atoms with Crippen molar-refractivity contribution in [1.82, 2.24) is 9.80 Å². The Kier molecular flexibility index (Phi) is 8.36. The molecule has 3 aliphatic rings. The summed E-state index contributed by atoms with van der Waals surface area (Å²) in [4.78, 5) is 43.0.